The van der Waals surface area contributed by atoms with Gasteiger partial charge < -0.3 is 19.4 Å². The molecule has 23 heavy (non-hydrogen) atoms. The zero-order chi connectivity index (χ0) is 17.0. The number of nitrogens with zero attached hydrogens (tertiary/aromatic N) is 3. The van der Waals surface area contributed by atoms with Gasteiger partial charge in [-0.2, -0.15) is 18.2 Å². The highest BCUT2D eigenvalue weighted by Gasteiger charge is 2.34. The Balaban J connectivity index is 2.35. The summed E-state index contributed by atoms with van der Waals surface area (Å²) in [5, 5.41) is 2.82. The first kappa shape index (κ1) is 17.1. The molecule has 0 saturated heterocycles. The highest BCUT2D eigenvalue weighted by molar-refractivity contribution is 5.45. The van der Waals surface area contributed by atoms with E-state index in [2.05, 4.69) is 15.3 Å². The van der Waals surface area contributed by atoms with E-state index in [1.165, 1.54) is 18.3 Å². The maximum absolute atomic E-state index is 13.0. The number of hydrogen-bond acceptors (Lipinski definition) is 6. The maximum Gasteiger partial charge on any atom is 0.433 e. The Hall–Kier alpha value is -2.29. The Labute approximate surface area is 131 Å². The zero-order valence-electron chi connectivity index (χ0n) is 12.9. The summed E-state index contributed by atoms with van der Waals surface area (Å²) in [6, 6.07) is 3.76. The SMILES string of the molecule is COCC(Nc1nc(N(C)C)cc(C(F)(F)F)n1)c1ccco1. The van der Waals surface area contributed by atoms with Crippen molar-refractivity contribution in [3.63, 3.8) is 0 Å². The van der Waals surface area contributed by atoms with Crippen LogP contribution in [0, 0.1) is 0 Å². The molecular weight excluding hydrogens is 313 g/mol. The van der Waals surface area contributed by atoms with Crippen molar-refractivity contribution in [1.82, 2.24) is 9.97 Å². The molecule has 0 aliphatic rings. The van der Waals surface area contributed by atoms with Crippen LogP contribution in [-0.4, -0.2) is 37.8 Å². The summed E-state index contributed by atoms with van der Waals surface area (Å²) in [5.74, 6) is 0.506. The minimum atomic E-state index is -4.56. The number of hydrogen-bond donors (Lipinski definition) is 1. The van der Waals surface area contributed by atoms with Crippen LogP contribution in [0.4, 0.5) is 24.9 Å². The van der Waals surface area contributed by atoms with Crippen molar-refractivity contribution in [2.24, 2.45) is 0 Å². The molecule has 0 aromatic carbocycles. The Morgan fingerprint density at radius 2 is 2.09 bits per heavy atom. The van der Waals surface area contributed by atoms with Gasteiger partial charge in [0.15, 0.2) is 5.69 Å². The number of nitrogens with one attached hydrogen (secondary N) is 1. The average molecular weight is 330 g/mol. The fraction of sp³-hybridized carbons (Fsp3) is 0.429. The van der Waals surface area contributed by atoms with Gasteiger partial charge in [0.05, 0.1) is 12.9 Å². The Kier molecular flexibility index (Phi) is 5.09. The van der Waals surface area contributed by atoms with E-state index >= 15 is 0 Å². The van der Waals surface area contributed by atoms with Crippen LogP contribution in [0.5, 0.6) is 0 Å². The largest absolute Gasteiger partial charge is 0.467 e. The third-order valence-corrected chi connectivity index (χ3v) is 2.98. The predicted octanol–water partition coefficient (Wildman–Crippen LogP) is 2.95. The molecule has 0 spiro atoms. The topological polar surface area (TPSA) is 63.4 Å². The molecule has 2 rings (SSSR count). The average Bonchev–Trinajstić information content (AvgIpc) is 2.99. The minimum absolute atomic E-state index is 0.144. The van der Waals surface area contributed by atoms with E-state index < -0.39 is 17.9 Å². The molecule has 0 saturated carbocycles. The lowest BCUT2D eigenvalue weighted by Gasteiger charge is -2.19. The van der Waals surface area contributed by atoms with Crippen molar-refractivity contribution >= 4 is 11.8 Å². The number of furan rings is 1. The molecule has 1 unspecified atom stereocenters. The molecule has 0 bridgehead atoms. The van der Waals surface area contributed by atoms with Crippen molar-refractivity contribution < 1.29 is 22.3 Å². The molecule has 0 radical (unpaired) electrons. The number of rotatable bonds is 6. The van der Waals surface area contributed by atoms with Gasteiger partial charge in [0, 0.05) is 27.3 Å². The number of ether oxygens (including phenoxy) is 1. The van der Waals surface area contributed by atoms with Crippen LogP contribution in [0.25, 0.3) is 0 Å². The molecule has 2 aromatic rings. The normalized spacial score (nSPS) is 13.0. The van der Waals surface area contributed by atoms with E-state index in [1.807, 2.05) is 0 Å². The maximum atomic E-state index is 13.0. The standard InChI is InChI=1S/C14H17F3N4O2/c1-21(2)12-7-11(14(15,16)17)19-13(20-12)18-9(8-22-3)10-5-4-6-23-10/h4-7,9H,8H2,1-3H3,(H,18,19,20). The second kappa shape index (κ2) is 6.86. The molecule has 2 heterocycles. The molecule has 0 aliphatic carbocycles. The number of methoxy groups -OCH3 is 1. The van der Waals surface area contributed by atoms with Crippen LogP contribution in [0.3, 0.4) is 0 Å². The van der Waals surface area contributed by atoms with Crippen molar-refractivity contribution in [1.29, 1.82) is 0 Å². The molecule has 0 amide bonds. The Morgan fingerprint density at radius 3 is 2.61 bits per heavy atom. The smallest absolute Gasteiger partial charge is 0.433 e. The van der Waals surface area contributed by atoms with Gasteiger partial charge in [-0.15, -0.1) is 0 Å². The summed E-state index contributed by atoms with van der Waals surface area (Å²) in [6.45, 7) is 0.185. The highest BCUT2D eigenvalue weighted by atomic mass is 19.4. The summed E-state index contributed by atoms with van der Waals surface area (Å²) in [4.78, 5) is 9.11. The van der Waals surface area contributed by atoms with Crippen LogP contribution in [0.2, 0.25) is 0 Å². The summed E-state index contributed by atoms with van der Waals surface area (Å²) in [5.41, 5.74) is -1.02. The molecule has 1 atom stereocenters. The van der Waals surface area contributed by atoms with Gasteiger partial charge in [-0.1, -0.05) is 0 Å². The van der Waals surface area contributed by atoms with E-state index in [0.29, 0.717) is 5.76 Å². The lowest BCUT2D eigenvalue weighted by Crippen LogP contribution is -2.21. The highest BCUT2D eigenvalue weighted by Crippen LogP contribution is 2.31. The minimum Gasteiger partial charge on any atom is -0.467 e. The molecule has 0 fully saturated rings. The van der Waals surface area contributed by atoms with Gasteiger partial charge in [0.25, 0.3) is 0 Å². The van der Waals surface area contributed by atoms with E-state index in [-0.39, 0.29) is 18.4 Å². The Morgan fingerprint density at radius 1 is 1.35 bits per heavy atom. The summed E-state index contributed by atoms with van der Waals surface area (Å²) in [7, 11) is 4.69. The molecule has 1 N–H and O–H groups in total. The summed E-state index contributed by atoms with van der Waals surface area (Å²) < 4.78 is 49.3. The van der Waals surface area contributed by atoms with Crippen molar-refractivity contribution in [3.8, 4) is 0 Å². The first-order valence-corrected chi connectivity index (χ1v) is 6.73. The monoisotopic (exact) mass is 330 g/mol. The number of halogens is 3. The van der Waals surface area contributed by atoms with Gasteiger partial charge in [-0.25, -0.2) is 4.98 Å². The van der Waals surface area contributed by atoms with Gasteiger partial charge >= 0.3 is 6.18 Å². The lowest BCUT2D eigenvalue weighted by molar-refractivity contribution is -0.141. The van der Waals surface area contributed by atoms with Crippen LogP contribution in [-0.2, 0) is 10.9 Å². The Bertz CT molecular complexity index is 629. The molecule has 0 aliphatic heterocycles. The molecule has 126 valence electrons. The van der Waals surface area contributed by atoms with Crippen molar-refractivity contribution in [2.45, 2.75) is 12.2 Å². The van der Waals surface area contributed by atoms with Gasteiger partial charge in [0.1, 0.15) is 17.6 Å². The lowest BCUT2D eigenvalue weighted by atomic mass is 10.2. The number of aromatic nitrogens is 2. The van der Waals surface area contributed by atoms with Gasteiger partial charge in [-0.3, -0.25) is 0 Å². The second-order valence-electron chi connectivity index (χ2n) is 4.99. The summed E-state index contributed by atoms with van der Waals surface area (Å²) in [6.07, 6.45) is -3.09. The van der Waals surface area contributed by atoms with Crippen LogP contribution in [0.1, 0.15) is 17.5 Å². The number of anilines is 2. The predicted molar refractivity (Wildman–Crippen MR) is 78.3 cm³/mol. The molecule has 9 heteroatoms. The summed E-state index contributed by atoms with van der Waals surface area (Å²) >= 11 is 0. The fourth-order valence-electron chi connectivity index (χ4n) is 1.88. The van der Waals surface area contributed by atoms with E-state index in [0.717, 1.165) is 6.07 Å². The zero-order valence-corrected chi connectivity index (χ0v) is 12.9. The van der Waals surface area contributed by atoms with Gasteiger partial charge in [-0.05, 0) is 12.1 Å². The second-order valence-corrected chi connectivity index (χ2v) is 4.99. The van der Waals surface area contributed by atoms with E-state index in [4.69, 9.17) is 9.15 Å². The van der Waals surface area contributed by atoms with Gasteiger partial charge in [0.2, 0.25) is 5.95 Å². The van der Waals surface area contributed by atoms with E-state index in [9.17, 15) is 13.2 Å². The van der Waals surface area contributed by atoms with Crippen LogP contribution < -0.4 is 10.2 Å². The molecular formula is C14H17F3N4O2. The third-order valence-electron chi connectivity index (χ3n) is 2.98. The number of alkyl halides is 3. The quantitative estimate of drug-likeness (QED) is 0.878. The third kappa shape index (κ3) is 4.35. The first-order valence-electron chi connectivity index (χ1n) is 6.73. The van der Waals surface area contributed by atoms with Crippen molar-refractivity contribution in [3.05, 3.63) is 35.9 Å². The first-order chi connectivity index (χ1) is 10.8. The van der Waals surface area contributed by atoms with Crippen molar-refractivity contribution in [2.75, 3.05) is 38.0 Å². The van der Waals surface area contributed by atoms with Crippen LogP contribution in [0.15, 0.2) is 28.9 Å². The molecule has 2 aromatic heterocycles. The molecule has 6 nitrogen and oxygen atoms in total. The van der Waals surface area contributed by atoms with E-state index in [1.54, 1.807) is 26.2 Å². The van der Waals surface area contributed by atoms with Crippen LogP contribution >= 0.6 is 0 Å². The fourth-order valence-corrected chi connectivity index (χ4v) is 1.88.